The molecule has 0 aliphatic carbocycles. The summed E-state index contributed by atoms with van der Waals surface area (Å²) < 4.78 is 0. The summed E-state index contributed by atoms with van der Waals surface area (Å²) in [5, 5.41) is 0. The summed E-state index contributed by atoms with van der Waals surface area (Å²) in [5.41, 5.74) is 7.21. The molecule has 2 N–H and O–H groups in total. The Morgan fingerprint density at radius 3 is 2.11 bits per heavy atom. The molecule has 0 heterocycles. The summed E-state index contributed by atoms with van der Waals surface area (Å²) >= 11 is 0. The maximum absolute atomic E-state index is 12.4. The molecule has 0 bridgehead atoms. The largest absolute Gasteiger partial charge is 0.343 e. The third-order valence-corrected chi connectivity index (χ3v) is 4.04. The SMILES string of the molecule is CC(C)C(C)N(C)C(=O)C(C)C(N)c1ccccc1. The maximum Gasteiger partial charge on any atom is 0.227 e. The lowest BCUT2D eigenvalue weighted by Crippen LogP contribution is -2.43. The van der Waals surface area contributed by atoms with Crippen LogP contribution in [0.25, 0.3) is 0 Å². The minimum Gasteiger partial charge on any atom is -0.343 e. The fraction of sp³-hybridized carbons (Fsp3) is 0.562. The fourth-order valence-electron chi connectivity index (χ4n) is 2.09. The molecule has 106 valence electrons. The molecule has 0 saturated carbocycles. The van der Waals surface area contributed by atoms with Gasteiger partial charge in [-0.2, -0.15) is 0 Å². The second kappa shape index (κ2) is 6.71. The number of nitrogens with zero attached hydrogens (tertiary/aromatic N) is 1. The van der Waals surface area contributed by atoms with Crippen LogP contribution in [0, 0.1) is 11.8 Å². The van der Waals surface area contributed by atoms with Crippen molar-refractivity contribution >= 4 is 5.91 Å². The quantitative estimate of drug-likeness (QED) is 0.887. The number of benzene rings is 1. The summed E-state index contributed by atoms with van der Waals surface area (Å²) in [5.74, 6) is 0.334. The lowest BCUT2D eigenvalue weighted by molar-refractivity contribution is -0.137. The van der Waals surface area contributed by atoms with Crippen molar-refractivity contribution in [3.63, 3.8) is 0 Å². The Labute approximate surface area is 116 Å². The first-order valence-corrected chi connectivity index (χ1v) is 6.93. The Morgan fingerprint density at radius 2 is 1.63 bits per heavy atom. The molecule has 1 amide bonds. The van der Waals surface area contributed by atoms with Crippen LogP contribution in [-0.2, 0) is 4.79 Å². The summed E-state index contributed by atoms with van der Waals surface area (Å²) in [6, 6.07) is 9.77. The van der Waals surface area contributed by atoms with Crippen molar-refractivity contribution in [3.8, 4) is 0 Å². The van der Waals surface area contributed by atoms with E-state index in [1.165, 1.54) is 0 Å². The van der Waals surface area contributed by atoms with Gasteiger partial charge in [-0.3, -0.25) is 4.79 Å². The van der Waals surface area contributed by atoms with Gasteiger partial charge in [-0.1, -0.05) is 51.1 Å². The zero-order valence-electron chi connectivity index (χ0n) is 12.6. The minimum atomic E-state index is -0.254. The Kier molecular flexibility index (Phi) is 5.55. The van der Waals surface area contributed by atoms with Gasteiger partial charge in [-0.25, -0.2) is 0 Å². The van der Waals surface area contributed by atoms with Crippen LogP contribution in [-0.4, -0.2) is 23.9 Å². The van der Waals surface area contributed by atoms with Crippen molar-refractivity contribution in [2.45, 2.75) is 39.8 Å². The summed E-state index contributed by atoms with van der Waals surface area (Å²) in [6.45, 7) is 8.22. The van der Waals surface area contributed by atoms with E-state index in [9.17, 15) is 4.79 Å². The van der Waals surface area contributed by atoms with Crippen LogP contribution < -0.4 is 5.73 Å². The Balaban J connectivity index is 2.77. The third-order valence-electron chi connectivity index (χ3n) is 4.04. The van der Waals surface area contributed by atoms with Crippen molar-refractivity contribution in [2.24, 2.45) is 17.6 Å². The molecule has 3 heteroatoms. The average Bonchev–Trinajstić information content (AvgIpc) is 2.44. The van der Waals surface area contributed by atoms with Crippen molar-refractivity contribution < 1.29 is 4.79 Å². The zero-order valence-corrected chi connectivity index (χ0v) is 12.6. The average molecular weight is 262 g/mol. The van der Waals surface area contributed by atoms with Gasteiger partial charge in [0.05, 0.1) is 5.92 Å². The number of carbonyl (C=O) groups is 1. The van der Waals surface area contributed by atoms with E-state index >= 15 is 0 Å². The second-order valence-corrected chi connectivity index (χ2v) is 5.66. The van der Waals surface area contributed by atoms with E-state index in [0.717, 1.165) is 5.56 Å². The van der Waals surface area contributed by atoms with E-state index in [4.69, 9.17) is 5.73 Å². The normalized spacial score (nSPS) is 15.9. The molecule has 0 saturated heterocycles. The molecule has 0 spiro atoms. The van der Waals surface area contributed by atoms with Crippen molar-refractivity contribution in [1.29, 1.82) is 0 Å². The van der Waals surface area contributed by atoms with E-state index < -0.39 is 0 Å². The van der Waals surface area contributed by atoms with Crippen molar-refractivity contribution in [2.75, 3.05) is 7.05 Å². The zero-order chi connectivity index (χ0) is 14.6. The van der Waals surface area contributed by atoms with Crippen LogP contribution >= 0.6 is 0 Å². The van der Waals surface area contributed by atoms with Gasteiger partial charge in [-0.15, -0.1) is 0 Å². The molecule has 3 unspecified atom stereocenters. The highest BCUT2D eigenvalue weighted by Crippen LogP contribution is 2.22. The van der Waals surface area contributed by atoms with E-state index in [1.54, 1.807) is 0 Å². The molecular weight excluding hydrogens is 236 g/mol. The van der Waals surface area contributed by atoms with E-state index in [2.05, 4.69) is 20.8 Å². The van der Waals surface area contributed by atoms with Crippen LogP contribution in [0.2, 0.25) is 0 Å². The molecule has 1 aromatic rings. The highest BCUT2D eigenvalue weighted by Gasteiger charge is 2.27. The predicted molar refractivity (Wildman–Crippen MR) is 79.6 cm³/mol. The van der Waals surface area contributed by atoms with Gasteiger partial charge in [0.15, 0.2) is 0 Å². The topological polar surface area (TPSA) is 46.3 Å². The number of nitrogens with two attached hydrogens (primary N) is 1. The van der Waals surface area contributed by atoms with Gasteiger partial charge in [0, 0.05) is 19.1 Å². The fourth-order valence-corrected chi connectivity index (χ4v) is 2.09. The number of carbonyl (C=O) groups excluding carboxylic acids is 1. The highest BCUT2D eigenvalue weighted by molar-refractivity contribution is 5.79. The first-order valence-electron chi connectivity index (χ1n) is 6.93. The molecule has 0 aliphatic heterocycles. The number of amides is 1. The van der Waals surface area contributed by atoms with Crippen LogP contribution in [0.15, 0.2) is 30.3 Å². The van der Waals surface area contributed by atoms with Gasteiger partial charge < -0.3 is 10.6 Å². The van der Waals surface area contributed by atoms with Gasteiger partial charge in [0.1, 0.15) is 0 Å². The molecule has 0 aromatic heterocycles. The maximum atomic E-state index is 12.4. The standard InChI is InChI=1S/C16H26N2O/c1-11(2)13(4)18(5)16(19)12(3)15(17)14-9-7-6-8-10-14/h6-13,15H,17H2,1-5H3. The van der Waals surface area contributed by atoms with E-state index in [0.29, 0.717) is 5.92 Å². The molecule has 1 aromatic carbocycles. The van der Waals surface area contributed by atoms with Gasteiger partial charge in [-0.05, 0) is 18.4 Å². The molecule has 0 fully saturated rings. The first-order chi connectivity index (χ1) is 8.86. The monoisotopic (exact) mass is 262 g/mol. The molecule has 3 nitrogen and oxygen atoms in total. The Bertz CT molecular complexity index is 402. The van der Waals surface area contributed by atoms with Gasteiger partial charge >= 0.3 is 0 Å². The number of rotatable bonds is 5. The van der Waals surface area contributed by atoms with Gasteiger partial charge in [0.2, 0.25) is 5.91 Å². The van der Waals surface area contributed by atoms with Crippen LogP contribution in [0.1, 0.15) is 39.3 Å². The van der Waals surface area contributed by atoms with Crippen LogP contribution in [0.5, 0.6) is 0 Å². The Hall–Kier alpha value is -1.35. The van der Waals surface area contributed by atoms with Crippen molar-refractivity contribution in [1.82, 2.24) is 4.90 Å². The Morgan fingerprint density at radius 1 is 1.11 bits per heavy atom. The second-order valence-electron chi connectivity index (χ2n) is 5.66. The summed E-state index contributed by atoms with van der Waals surface area (Å²) in [4.78, 5) is 14.3. The smallest absolute Gasteiger partial charge is 0.227 e. The van der Waals surface area contributed by atoms with E-state index in [-0.39, 0.29) is 23.9 Å². The van der Waals surface area contributed by atoms with E-state index in [1.807, 2.05) is 49.2 Å². The molecule has 19 heavy (non-hydrogen) atoms. The minimum absolute atomic E-state index is 0.109. The summed E-state index contributed by atoms with van der Waals surface area (Å²) in [7, 11) is 1.86. The number of hydrogen-bond acceptors (Lipinski definition) is 2. The molecule has 0 radical (unpaired) electrons. The molecule has 3 atom stereocenters. The lowest BCUT2D eigenvalue weighted by Gasteiger charge is -2.32. The predicted octanol–water partition coefficient (Wildman–Crippen LogP) is 2.83. The van der Waals surface area contributed by atoms with Crippen LogP contribution in [0.4, 0.5) is 0 Å². The lowest BCUT2D eigenvalue weighted by atomic mass is 9.93. The third kappa shape index (κ3) is 3.80. The van der Waals surface area contributed by atoms with Gasteiger partial charge in [0.25, 0.3) is 0 Å². The first kappa shape index (κ1) is 15.7. The molecule has 0 aliphatic rings. The van der Waals surface area contributed by atoms with Crippen molar-refractivity contribution in [3.05, 3.63) is 35.9 Å². The summed E-state index contributed by atoms with van der Waals surface area (Å²) in [6.07, 6.45) is 0. The number of hydrogen-bond donors (Lipinski definition) is 1. The molecule has 1 rings (SSSR count). The van der Waals surface area contributed by atoms with Crippen LogP contribution in [0.3, 0.4) is 0 Å². The highest BCUT2D eigenvalue weighted by atomic mass is 16.2. The molecular formula is C16H26N2O.